The van der Waals surface area contributed by atoms with Gasteiger partial charge in [-0.1, -0.05) is 79.3 Å². The summed E-state index contributed by atoms with van der Waals surface area (Å²) in [6, 6.07) is 16.3. The average molecular weight is 612 g/mol. The van der Waals surface area contributed by atoms with Crippen LogP contribution in [0.2, 0.25) is 15.1 Å². The minimum atomic E-state index is -4.39. The van der Waals surface area contributed by atoms with Crippen molar-refractivity contribution in [1.82, 2.24) is 5.43 Å². The van der Waals surface area contributed by atoms with Gasteiger partial charge in [-0.2, -0.15) is 12.8 Å². The fourth-order valence-corrected chi connectivity index (χ4v) is 6.45. The first-order chi connectivity index (χ1) is 18.2. The number of halogens is 3. The molecule has 0 aliphatic heterocycles. The molecule has 0 unspecified atom stereocenters. The topological polar surface area (TPSA) is 75.7 Å². The van der Waals surface area contributed by atoms with Gasteiger partial charge in [0.1, 0.15) is 11.4 Å². The number of hydrogen-bond acceptors (Lipinski definition) is 4. The lowest BCUT2D eigenvalue weighted by molar-refractivity contribution is -0.120. The highest BCUT2D eigenvalue weighted by Gasteiger charge is 2.32. The van der Waals surface area contributed by atoms with Crippen LogP contribution in [0.25, 0.3) is 0 Å². The van der Waals surface area contributed by atoms with Crippen LogP contribution in [-0.2, 0) is 21.2 Å². The van der Waals surface area contributed by atoms with Gasteiger partial charge < -0.3 is 4.74 Å². The number of anilines is 1. The number of nitrogens with one attached hydrogen (secondary N) is 1. The maximum atomic E-state index is 14.2. The number of hydrogen-bond donors (Lipinski definition) is 1. The van der Waals surface area contributed by atoms with Gasteiger partial charge in [0.25, 0.3) is 10.0 Å². The fourth-order valence-electron chi connectivity index (χ4n) is 4.12. The molecule has 0 saturated carbocycles. The monoisotopic (exact) mass is 610 g/mol. The molecular formula is C29H33Cl3N2O4S. The minimum absolute atomic E-state index is 0.00538. The molecular weight excluding hydrogens is 579 g/mol. The van der Waals surface area contributed by atoms with Crippen molar-refractivity contribution in [3.05, 3.63) is 86.9 Å². The van der Waals surface area contributed by atoms with Crippen molar-refractivity contribution in [1.29, 1.82) is 0 Å². The lowest BCUT2D eigenvalue weighted by Gasteiger charge is -2.28. The second kappa shape index (κ2) is 12.8. The molecule has 1 amide bonds. The Morgan fingerprint density at radius 3 is 2.31 bits per heavy atom. The van der Waals surface area contributed by atoms with Gasteiger partial charge in [-0.25, -0.2) is 0 Å². The summed E-state index contributed by atoms with van der Waals surface area (Å²) in [5.41, 5.74) is 3.26. The fraction of sp³-hybridized carbons (Fsp3) is 0.345. The predicted molar refractivity (Wildman–Crippen MR) is 160 cm³/mol. The van der Waals surface area contributed by atoms with E-state index < -0.39 is 21.5 Å². The normalized spacial score (nSPS) is 12.6. The van der Waals surface area contributed by atoms with Crippen LogP contribution < -0.4 is 14.6 Å². The molecule has 3 rings (SSSR count). The molecule has 0 aromatic heterocycles. The summed E-state index contributed by atoms with van der Waals surface area (Å²) in [6.45, 7) is 9.69. The molecule has 39 heavy (non-hydrogen) atoms. The Balaban J connectivity index is 2.09. The lowest BCUT2D eigenvalue weighted by Crippen LogP contribution is -2.47. The van der Waals surface area contributed by atoms with E-state index in [1.807, 2.05) is 40.7 Å². The Morgan fingerprint density at radius 1 is 1.00 bits per heavy atom. The standard InChI is InChI=1S/C29H33Cl3N2O4S/c1-6-9-19(2)23-14-12-22(31)18-27(23)39(36,37)34(25-17-21(30)13-15-24(25)32)33-28(35)16-20-10-7-8-11-26(20)38-29(3,4)5/h7-8,10-15,17-19H,6,9,16H2,1-5H3,(H,33,35)/t19-/m1/s1. The van der Waals surface area contributed by atoms with Gasteiger partial charge >= 0.3 is 0 Å². The van der Waals surface area contributed by atoms with Crippen LogP contribution in [0.3, 0.4) is 0 Å². The number of amides is 1. The van der Waals surface area contributed by atoms with Gasteiger partial charge in [0.05, 0.1) is 22.0 Å². The maximum absolute atomic E-state index is 14.2. The number of carbonyl (C=O) groups excluding carboxylic acids is 1. The summed E-state index contributed by atoms with van der Waals surface area (Å²) in [5, 5.41) is 0.584. The highest BCUT2D eigenvalue weighted by atomic mass is 35.5. The molecule has 3 aromatic carbocycles. The van der Waals surface area contributed by atoms with Crippen molar-refractivity contribution >= 4 is 56.4 Å². The molecule has 1 N–H and O–H groups in total. The molecule has 0 aliphatic rings. The quantitative estimate of drug-likeness (QED) is 0.235. The average Bonchev–Trinajstić information content (AvgIpc) is 2.84. The van der Waals surface area contributed by atoms with E-state index in [1.165, 1.54) is 24.3 Å². The molecule has 3 aromatic rings. The highest BCUT2D eigenvalue weighted by Crippen LogP contribution is 2.36. The summed E-state index contributed by atoms with van der Waals surface area (Å²) >= 11 is 18.9. The number of para-hydroxylation sites is 1. The van der Waals surface area contributed by atoms with E-state index in [0.717, 1.165) is 17.3 Å². The van der Waals surface area contributed by atoms with Crippen molar-refractivity contribution in [3.8, 4) is 5.75 Å². The predicted octanol–water partition coefficient (Wildman–Crippen LogP) is 8.20. The van der Waals surface area contributed by atoms with Crippen molar-refractivity contribution in [2.45, 2.75) is 70.3 Å². The molecule has 0 bridgehead atoms. The van der Waals surface area contributed by atoms with Gasteiger partial charge in [0, 0.05) is 15.6 Å². The van der Waals surface area contributed by atoms with Gasteiger partial charge in [-0.3, -0.25) is 10.2 Å². The summed E-state index contributed by atoms with van der Waals surface area (Å²) in [7, 11) is -4.39. The van der Waals surface area contributed by atoms with Crippen LogP contribution in [-0.4, -0.2) is 19.9 Å². The Hall–Kier alpha value is -2.45. The zero-order valence-corrected chi connectivity index (χ0v) is 25.7. The third kappa shape index (κ3) is 8.04. The Bertz CT molecular complexity index is 1440. The number of hydrazine groups is 1. The van der Waals surface area contributed by atoms with Gasteiger partial charge in [-0.15, -0.1) is 0 Å². The zero-order valence-electron chi connectivity index (χ0n) is 22.6. The molecule has 1 atom stereocenters. The molecule has 0 fully saturated rings. The molecule has 0 heterocycles. The van der Waals surface area contributed by atoms with E-state index in [4.69, 9.17) is 39.5 Å². The van der Waals surface area contributed by atoms with Crippen LogP contribution in [0.1, 0.15) is 64.5 Å². The smallest absolute Gasteiger partial charge is 0.282 e. The molecule has 0 saturated heterocycles. The maximum Gasteiger partial charge on any atom is 0.282 e. The molecule has 0 aliphatic carbocycles. The third-order valence-corrected chi connectivity index (χ3v) is 8.31. The van der Waals surface area contributed by atoms with E-state index >= 15 is 0 Å². The van der Waals surface area contributed by atoms with Crippen LogP contribution >= 0.6 is 34.8 Å². The van der Waals surface area contributed by atoms with Crippen LogP contribution in [0, 0.1) is 0 Å². The van der Waals surface area contributed by atoms with Crippen LogP contribution in [0.15, 0.2) is 65.6 Å². The molecule has 0 radical (unpaired) electrons. The summed E-state index contributed by atoms with van der Waals surface area (Å²) in [5.74, 6) is -0.142. The van der Waals surface area contributed by atoms with Crippen molar-refractivity contribution in [2.24, 2.45) is 0 Å². The largest absolute Gasteiger partial charge is 0.488 e. The Morgan fingerprint density at radius 2 is 1.64 bits per heavy atom. The minimum Gasteiger partial charge on any atom is -0.488 e. The number of carbonyl (C=O) groups is 1. The SMILES string of the molecule is CCC[C@@H](C)c1ccc(Cl)cc1S(=O)(=O)N(NC(=O)Cc1ccccc1OC(C)(C)C)c1cc(Cl)ccc1Cl. The first-order valence-electron chi connectivity index (χ1n) is 12.6. The number of rotatable bonds is 10. The van der Waals surface area contributed by atoms with Crippen LogP contribution in [0.5, 0.6) is 5.75 Å². The van der Waals surface area contributed by atoms with E-state index in [0.29, 0.717) is 16.9 Å². The van der Waals surface area contributed by atoms with E-state index in [9.17, 15) is 13.2 Å². The number of benzene rings is 3. The van der Waals surface area contributed by atoms with E-state index in [1.54, 1.807) is 30.3 Å². The van der Waals surface area contributed by atoms with Crippen LogP contribution in [0.4, 0.5) is 5.69 Å². The highest BCUT2D eigenvalue weighted by molar-refractivity contribution is 7.92. The van der Waals surface area contributed by atoms with Gasteiger partial charge in [0.15, 0.2) is 0 Å². The molecule has 6 nitrogen and oxygen atoms in total. The first kappa shape index (κ1) is 31.1. The van der Waals surface area contributed by atoms with Gasteiger partial charge in [-0.05, 0) is 75.1 Å². The second-order valence-corrected chi connectivity index (χ2v) is 13.3. The van der Waals surface area contributed by atoms with E-state index in [-0.39, 0.29) is 38.0 Å². The molecule has 10 heteroatoms. The van der Waals surface area contributed by atoms with Crippen molar-refractivity contribution in [3.63, 3.8) is 0 Å². The Kier molecular flexibility index (Phi) is 10.2. The third-order valence-electron chi connectivity index (χ3n) is 5.84. The van der Waals surface area contributed by atoms with E-state index in [2.05, 4.69) is 5.43 Å². The second-order valence-electron chi connectivity index (χ2n) is 10.3. The van der Waals surface area contributed by atoms with Gasteiger partial charge in [0.2, 0.25) is 5.91 Å². The summed E-state index contributed by atoms with van der Waals surface area (Å²) in [6.07, 6.45) is 1.48. The zero-order chi connectivity index (χ0) is 29.0. The molecule has 0 spiro atoms. The number of sulfonamides is 1. The Labute approximate surface area is 246 Å². The lowest BCUT2D eigenvalue weighted by atomic mass is 9.97. The first-order valence-corrected chi connectivity index (χ1v) is 15.2. The van der Waals surface area contributed by atoms with Crippen molar-refractivity contribution < 1.29 is 17.9 Å². The summed E-state index contributed by atoms with van der Waals surface area (Å²) < 4.78 is 35.3. The number of ether oxygens (including phenoxy) is 1. The van der Waals surface area contributed by atoms with Crippen molar-refractivity contribution in [2.75, 3.05) is 4.41 Å². The number of nitrogens with zero attached hydrogens (tertiary/aromatic N) is 1. The summed E-state index contributed by atoms with van der Waals surface area (Å²) in [4.78, 5) is 13.4. The molecule has 210 valence electrons.